The fourth-order valence-electron chi connectivity index (χ4n) is 1.29. The van der Waals surface area contributed by atoms with Crippen molar-refractivity contribution in [2.75, 3.05) is 6.54 Å². The molecule has 5 heteroatoms. The first-order valence-corrected chi connectivity index (χ1v) is 6.50. The van der Waals surface area contributed by atoms with Crippen LogP contribution in [0.25, 0.3) is 6.08 Å². The summed E-state index contributed by atoms with van der Waals surface area (Å²) < 4.78 is 5.11. The van der Waals surface area contributed by atoms with Crippen LogP contribution in [0.1, 0.15) is 32.9 Å². The molecule has 0 unspecified atom stereocenters. The molecule has 0 aromatic carbocycles. The number of hydrogen-bond donors (Lipinski definition) is 1. The van der Waals surface area contributed by atoms with Gasteiger partial charge in [-0.05, 0) is 45.4 Å². The van der Waals surface area contributed by atoms with Gasteiger partial charge < -0.3 is 10.1 Å². The second-order valence-corrected chi connectivity index (χ2v) is 5.39. The Morgan fingerprint density at radius 2 is 2.21 bits per heavy atom. The van der Waals surface area contributed by atoms with Gasteiger partial charge in [-0.2, -0.15) is 0 Å². The molecule has 0 aliphatic heterocycles. The maximum atomic E-state index is 11.3. The summed E-state index contributed by atoms with van der Waals surface area (Å²) in [5, 5.41) is 3.14. The Morgan fingerprint density at radius 1 is 1.47 bits per heavy atom. The van der Waals surface area contributed by atoms with Crippen LogP contribution in [0.4, 0.5) is 4.79 Å². The summed E-state index contributed by atoms with van der Waals surface area (Å²) in [6, 6.07) is 5.43. The van der Waals surface area contributed by atoms with Crippen molar-refractivity contribution >= 4 is 23.8 Å². The standard InChI is InChI=1S/C14H19ClN2O2/c1-14(2,3)19-13(18)16-10-5-4-7-11-8-6-9-12(15)17-11/h4,6-9H,5,10H2,1-3H3,(H,16,18). The summed E-state index contributed by atoms with van der Waals surface area (Å²) in [4.78, 5) is 15.5. The van der Waals surface area contributed by atoms with Gasteiger partial charge in [-0.25, -0.2) is 9.78 Å². The molecule has 1 amide bonds. The molecule has 0 radical (unpaired) electrons. The number of nitrogens with one attached hydrogen (secondary N) is 1. The summed E-state index contributed by atoms with van der Waals surface area (Å²) in [5.41, 5.74) is 0.328. The first-order valence-electron chi connectivity index (χ1n) is 6.13. The summed E-state index contributed by atoms with van der Waals surface area (Å²) in [6.45, 7) is 6.01. The van der Waals surface area contributed by atoms with Crippen LogP contribution in [0, 0.1) is 0 Å². The van der Waals surface area contributed by atoms with Crippen LogP contribution in [0.2, 0.25) is 5.15 Å². The first kappa shape index (κ1) is 15.5. The lowest BCUT2D eigenvalue weighted by Gasteiger charge is -2.19. The van der Waals surface area contributed by atoms with Gasteiger partial charge in [0.1, 0.15) is 10.8 Å². The van der Waals surface area contributed by atoms with Crippen LogP contribution in [-0.2, 0) is 4.74 Å². The van der Waals surface area contributed by atoms with Crippen LogP contribution >= 0.6 is 11.6 Å². The fraction of sp³-hybridized carbons (Fsp3) is 0.429. The number of aromatic nitrogens is 1. The Balaban J connectivity index is 2.26. The zero-order chi connectivity index (χ0) is 14.3. The number of rotatable bonds is 4. The van der Waals surface area contributed by atoms with E-state index in [-0.39, 0.29) is 0 Å². The normalized spacial score (nSPS) is 11.6. The maximum absolute atomic E-state index is 11.3. The van der Waals surface area contributed by atoms with E-state index in [0.29, 0.717) is 18.1 Å². The third kappa shape index (κ3) is 7.47. The summed E-state index contributed by atoms with van der Waals surface area (Å²) in [7, 11) is 0. The van der Waals surface area contributed by atoms with Gasteiger partial charge in [-0.15, -0.1) is 0 Å². The number of pyridine rings is 1. The minimum absolute atomic E-state index is 0.401. The molecule has 1 heterocycles. The zero-order valence-electron chi connectivity index (χ0n) is 11.4. The highest BCUT2D eigenvalue weighted by Gasteiger charge is 2.14. The van der Waals surface area contributed by atoms with E-state index in [2.05, 4.69) is 10.3 Å². The third-order valence-corrected chi connectivity index (χ3v) is 2.21. The number of halogens is 1. The SMILES string of the molecule is CC(C)(C)OC(=O)NCCC=Cc1cccc(Cl)n1. The number of carbonyl (C=O) groups is 1. The van der Waals surface area contributed by atoms with Crippen LogP contribution in [-0.4, -0.2) is 23.2 Å². The number of alkyl carbamates (subject to hydrolysis) is 1. The Hall–Kier alpha value is -1.55. The van der Waals surface area contributed by atoms with Crippen molar-refractivity contribution in [3.05, 3.63) is 35.1 Å². The van der Waals surface area contributed by atoms with Crippen molar-refractivity contribution in [3.63, 3.8) is 0 Å². The van der Waals surface area contributed by atoms with E-state index in [1.807, 2.05) is 45.1 Å². The molecule has 0 bridgehead atoms. The number of carbonyl (C=O) groups excluding carboxylic acids is 1. The van der Waals surface area contributed by atoms with Crippen LogP contribution < -0.4 is 5.32 Å². The second-order valence-electron chi connectivity index (χ2n) is 5.00. The van der Waals surface area contributed by atoms with Crippen LogP contribution in [0.3, 0.4) is 0 Å². The topological polar surface area (TPSA) is 51.2 Å². The molecule has 1 aromatic rings. The zero-order valence-corrected chi connectivity index (χ0v) is 12.2. The monoisotopic (exact) mass is 282 g/mol. The van der Waals surface area contributed by atoms with Crippen molar-refractivity contribution in [2.45, 2.75) is 32.8 Å². The van der Waals surface area contributed by atoms with E-state index in [4.69, 9.17) is 16.3 Å². The lowest BCUT2D eigenvalue weighted by Crippen LogP contribution is -2.32. The van der Waals surface area contributed by atoms with Crippen molar-refractivity contribution in [1.29, 1.82) is 0 Å². The average molecular weight is 283 g/mol. The Labute approximate surface area is 118 Å². The van der Waals surface area contributed by atoms with Crippen LogP contribution in [0.5, 0.6) is 0 Å². The lowest BCUT2D eigenvalue weighted by atomic mass is 10.2. The summed E-state index contributed by atoms with van der Waals surface area (Å²) in [5.74, 6) is 0. The molecule has 0 aliphatic rings. The van der Waals surface area contributed by atoms with E-state index in [1.165, 1.54) is 0 Å². The quantitative estimate of drug-likeness (QED) is 0.677. The van der Waals surface area contributed by atoms with E-state index in [1.54, 1.807) is 6.07 Å². The molecule has 1 rings (SSSR count). The molecule has 0 saturated heterocycles. The van der Waals surface area contributed by atoms with E-state index >= 15 is 0 Å². The lowest BCUT2D eigenvalue weighted by molar-refractivity contribution is 0.0529. The highest BCUT2D eigenvalue weighted by atomic mass is 35.5. The molecular formula is C14H19ClN2O2. The van der Waals surface area contributed by atoms with E-state index < -0.39 is 11.7 Å². The predicted molar refractivity (Wildman–Crippen MR) is 77.1 cm³/mol. The van der Waals surface area contributed by atoms with Gasteiger partial charge >= 0.3 is 6.09 Å². The van der Waals surface area contributed by atoms with Gasteiger partial charge in [0, 0.05) is 6.54 Å². The largest absolute Gasteiger partial charge is 0.444 e. The van der Waals surface area contributed by atoms with Gasteiger partial charge in [-0.3, -0.25) is 0 Å². The molecule has 19 heavy (non-hydrogen) atoms. The van der Waals surface area contributed by atoms with Gasteiger partial charge in [0.15, 0.2) is 0 Å². The minimum atomic E-state index is -0.468. The van der Waals surface area contributed by atoms with Gasteiger partial charge in [0.25, 0.3) is 0 Å². The molecule has 4 nitrogen and oxygen atoms in total. The van der Waals surface area contributed by atoms with Crippen LogP contribution in [0.15, 0.2) is 24.3 Å². The first-order chi connectivity index (χ1) is 8.87. The molecular weight excluding hydrogens is 264 g/mol. The molecule has 0 spiro atoms. The van der Waals surface area contributed by atoms with Crippen molar-refractivity contribution in [2.24, 2.45) is 0 Å². The maximum Gasteiger partial charge on any atom is 0.407 e. The van der Waals surface area contributed by atoms with Crippen molar-refractivity contribution < 1.29 is 9.53 Å². The van der Waals surface area contributed by atoms with Gasteiger partial charge in [-0.1, -0.05) is 23.7 Å². The molecule has 1 N–H and O–H groups in total. The number of nitrogens with zero attached hydrogens (tertiary/aromatic N) is 1. The minimum Gasteiger partial charge on any atom is -0.444 e. The number of amides is 1. The van der Waals surface area contributed by atoms with E-state index in [0.717, 1.165) is 5.69 Å². The Kier molecular flexibility index (Phi) is 5.83. The van der Waals surface area contributed by atoms with Crippen molar-refractivity contribution in [3.8, 4) is 0 Å². The molecule has 0 aliphatic carbocycles. The highest BCUT2D eigenvalue weighted by Crippen LogP contribution is 2.07. The third-order valence-electron chi connectivity index (χ3n) is 2.00. The van der Waals surface area contributed by atoms with Gasteiger partial charge in [0.2, 0.25) is 0 Å². The Bertz CT molecular complexity index is 453. The Morgan fingerprint density at radius 3 is 2.84 bits per heavy atom. The van der Waals surface area contributed by atoms with Crippen molar-refractivity contribution in [1.82, 2.24) is 10.3 Å². The molecule has 0 saturated carbocycles. The fourth-order valence-corrected chi connectivity index (χ4v) is 1.46. The number of hydrogen-bond acceptors (Lipinski definition) is 3. The molecule has 104 valence electrons. The van der Waals surface area contributed by atoms with Gasteiger partial charge in [0.05, 0.1) is 5.69 Å². The van der Waals surface area contributed by atoms with E-state index in [9.17, 15) is 4.79 Å². The average Bonchev–Trinajstić information content (AvgIpc) is 2.26. The second kappa shape index (κ2) is 7.14. The smallest absolute Gasteiger partial charge is 0.407 e. The predicted octanol–water partition coefficient (Wildman–Crippen LogP) is 3.66. The summed E-state index contributed by atoms with van der Waals surface area (Å²) >= 11 is 5.77. The highest BCUT2D eigenvalue weighted by molar-refractivity contribution is 6.29. The molecule has 1 aromatic heterocycles. The molecule has 0 fully saturated rings. The number of ether oxygens (including phenoxy) is 1. The molecule has 0 atom stereocenters. The summed E-state index contributed by atoms with van der Waals surface area (Å²) in [6.07, 6.45) is 4.09.